The molecule has 0 spiro atoms. The van der Waals surface area contributed by atoms with Crippen molar-refractivity contribution >= 4 is 38.9 Å². The zero-order chi connectivity index (χ0) is 26.4. The standard InChI is InChI=1S/C26H25N5O4S2/c1-30(2)37(34,35)21-12-10-20(11-13-21)31(26(33)22-18-27-14-15-28-22)24(23-9-6-16-36-23)25(32)29-17-19-7-4-3-5-8-19/h3-16,18,24H,17H2,1-2H3,(H,29,32)/t24-/m1/s1. The largest absolute Gasteiger partial charge is 0.350 e. The number of thiophene rings is 1. The number of anilines is 1. The minimum atomic E-state index is -3.68. The first kappa shape index (κ1) is 26.1. The molecule has 0 radical (unpaired) electrons. The Morgan fingerprint density at radius 1 is 0.973 bits per heavy atom. The summed E-state index contributed by atoms with van der Waals surface area (Å²) in [5.74, 6) is -0.946. The minimum absolute atomic E-state index is 0.0462. The van der Waals surface area contributed by atoms with Crippen molar-refractivity contribution in [2.24, 2.45) is 0 Å². The lowest BCUT2D eigenvalue weighted by Crippen LogP contribution is -2.44. The van der Waals surface area contributed by atoms with Gasteiger partial charge >= 0.3 is 0 Å². The summed E-state index contributed by atoms with van der Waals surface area (Å²) in [6.45, 7) is 0.273. The number of hydrogen-bond acceptors (Lipinski definition) is 7. The minimum Gasteiger partial charge on any atom is -0.350 e. The molecule has 0 aliphatic rings. The van der Waals surface area contributed by atoms with Crippen LogP contribution < -0.4 is 10.2 Å². The highest BCUT2D eigenvalue weighted by atomic mass is 32.2. The molecule has 4 rings (SSSR count). The van der Waals surface area contributed by atoms with Gasteiger partial charge in [-0.05, 0) is 41.3 Å². The van der Waals surface area contributed by atoms with Crippen LogP contribution in [-0.4, -0.2) is 48.6 Å². The lowest BCUT2D eigenvalue weighted by Gasteiger charge is -2.30. The maximum absolute atomic E-state index is 13.8. The highest BCUT2D eigenvalue weighted by Gasteiger charge is 2.35. The number of hydrogen-bond donors (Lipinski definition) is 1. The summed E-state index contributed by atoms with van der Waals surface area (Å²) in [7, 11) is -0.797. The molecule has 1 N–H and O–H groups in total. The number of amides is 2. The van der Waals surface area contributed by atoms with Crippen LogP contribution in [-0.2, 0) is 21.4 Å². The molecule has 0 saturated carbocycles. The Kier molecular flexibility index (Phi) is 8.07. The van der Waals surface area contributed by atoms with Gasteiger partial charge in [0.05, 0.1) is 11.1 Å². The maximum Gasteiger partial charge on any atom is 0.279 e. The lowest BCUT2D eigenvalue weighted by atomic mass is 10.1. The summed E-state index contributed by atoms with van der Waals surface area (Å²) in [4.78, 5) is 37.6. The summed E-state index contributed by atoms with van der Waals surface area (Å²) >= 11 is 1.33. The normalized spacial score (nSPS) is 12.2. The first-order chi connectivity index (χ1) is 17.8. The third kappa shape index (κ3) is 5.91. The average Bonchev–Trinajstić information content (AvgIpc) is 3.45. The van der Waals surface area contributed by atoms with Gasteiger partial charge in [-0.2, -0.15) is 0 Å². The molecule has 1 atom stereocenters. The molecule has 0 fully saturated rings. The number of carbonyl (C=O) groups excluding carboxylic acids is 2. The Bertz CT molecular complexity index is 1440. The van der Waals surface area contributed by atoms with Crippen molar-refractivity contribution < 1.29 is 18.0 Å². The van der Waals surface area contributed by atoms with Gasteiger partial charge in [-0.3, -0.25) is 19.5 Å². The van der Waals surface area contributed by atoms with Crippen LogP contribution in [0, 0.1) is 0 Å². The molecule has 37 heavy (non-hydrogen) atoms. The highest BCUT2D eigenvalue weighted by Crippen LogP contribution is 2.32. The molecule has 2 aromatic carbocycles. The van der Waals surface area contributed by atoms with Crippen LogP contribution in [0.3, 0.4) is 0 Å². The molecule has 2 amide bonds. The molecule has 0 aliphatic carbocycles. The Morgan fingerprint density at radius 3 is 2.30 bits per heavy atom. The number of nitrogens with zero attached hydrogens (tertiary/aromatic N) is 4. The zero-order valence-electron chi connectivity index (χ0n) is 20.2. The van der Waals surface area contributed by atoms with Gasteiger partial charge in [-0.15, -0.1) is 11.3 Å². The predicted molar refractivity (Wildman–Crippen MR) is 142 cm³/mol. The van der Waals surface area contributed by atoms with E-state index in [1.165, 1.54) is 73.2 Å². The van der Waals surface area contributed by atoms with Gasteiger partial charge in [0.2, 0.25) is 15.9 Å². The Morgan fingerprint density at radius 2 is 1.70 bits per heavy atom. The van der Waals surface area contributed by atoms with Gasteiger partial charge in [0.25, 0.3) is 5.91 Å². The molecule has 4 aromatic rings. The van der Waals surface area contributed by atoms with Crippen molar-refractivity contribution in [3.05, 3.63) is 107 Å². The molecule has 2 aromatic heterocycles. The molecular weight excluding hydrogens is 510 g/mol. The van der Waals surface area contributed by atoms with E-state index in [4.69, 9.17) is 0 Å². The number of benzene rings is 2. The van der Waals surface area contributed by atoms with Crippen molar-refractivity contribution in [3.63, 3.8) is 0 Å². The predicted octanol–water partition coefficient (Wildman–Crippen LogP) is 3.49. The Balaban J connectivity index is 1.77. The number of sulfonamides is 1. The van der Waals surface area contributed by atoms with Crippen LogP contribution in [0.2, 0.25) is 0 Å². The van der Waals surface area contributed by atoms with Gasteiger partial charge in [0.15, 0.2) is 6.04 Å². The molecule has 0 saturated heterocycles. The van der Waals surface area contributed by atoms with E-state index in [1.807, 2.05) is 35.7 Å². The summed E-state index contributed by atoms with van der Waals surface area (Å²) in [6.07, 6.45) is 4.17. The highest BCUT2D eigenvalue weighted by molar-refractivity contribution is 7.89. The zero-order valence-corrected chi connectivity index (χ0v) is 21.8. The SMILES string of the molecule is CN(C)S(=O)(=O)c1ccc(N(C(=O)c2cnccn2)[C@@H](C(=O)NCc2ccccc2)c2cccs2)cc1. The van der Waals surface area contributed by atoms with Crippen LogP contribution in [0.25, 0.3) is 0 Å². The third-order valence-electron chi connectivity index (χ3n) is 5.52. The van der Waals surface area contributed by atoms with Crippen molar-refractivity contribution in [2.45, 2.75) is 17.5 Å². The number of nitrogens with one attached hydrogen (secondary N) is 1. The van der Waals surface area contributed by atoms with Gasteiger partial charge in [0, 0.05) is 43.6 Å². The maximum atomic E-state index is 13.8. The van der Waals surface area contributed by atoms with E-state index >= 15 is 0 Å². The van der Waals surface area contributed by atoms with Crippen LogP contribution in [0.4, 0.5) is 5.69 Å². The van der Waals surface area contributed by atoms with Crippen molar-refractivity contribution in [2.75, 3.05) is 19.0 Å². The fraction of sp³-hybridized carbons (Fsp3) is 0.154. The van der Waals surface area contributed by atoms with Gasteiger partial charge < -0.3 is 5.32 Å². The van der Waals surface area contributed by atoms with Crippen LogP contribution in [0.5, 0.6) is 0 Å². The molecule has 11 heteroatoms. The van der Waals surface area contributed by atoms with Crippen LogP contribution in [0.1, 0.15) is 27.0 Å². The van der Waals surface area contributed by atoms with Crippen molar-refractivity contribution in [3.8, 4) is 0 Å². The van der Waals surface area contributed by atoms with E-state index in [0.29, 0.717) is 10.6 Å². The number of carbonyl (C=O) groups is 2. The topological polar surface area (TPSA) is 113 Å². The molecule has 2 heterocycles. The first-order valence-electron chi connectivity index (χ1n) is 11.3. The van der Waals surface area contributed by atoms with Gasteiger partial charge in [-0.25, -0.2) is 17.7 Å². The van der Waals surface area contributed by atoms with Crippen molar-refractivity contribution in [1.29, 1.82) is 0 Å². The lowest BCUT2D eigenvalue weighted by molar-refractivity contribution is -0.122. The molecule has 190 valence electrons. The van der Waals surface area contributed by atoms with E-state index in [-0.39, 0.29) is 17.1 Å². The van der Waals surface area contributed by atoms with Crippen LogP contribution in [0.15, 0.2) is 95.6 Å². The quantitative estimate of drug-likeness (QED) is 0.351. The van der Waals surface area contributed by atoms with E-state index in [2.05, 4.69) is 15.3 Å². The Labute approximate surface area is 219 Å². The monoisotopic (exact) mass is 535 g/mol. The number of aromatic nitrogens is 2. The Hall–Kier alpha value is -3.93. The second-order valence-electron chi connectivity index (χ2n) is 8.17. The number of rotatable bonds is 9. The van der Waals surface area contributed by atoms with Gasteiger partial charge in [-0.1, -0.05) is 36.4 Å². The van der Waals surface area contributed by atoms with Gasteiger partial charge in [0.1, 0.15) is 5.69 Å². The smallest absolute Gasteiger partial charge is 0.279 e. The first-order valence-corrected chi connectivity index (χ1v) is 13.6. The van der Waals surface area contributed by atoms with Crippen molar-refractivity contribution in [1.82, 2.24) is 19.6 Å². The summed E-state index contributed by atoms with van der Waals surface area (Å²) < 4.78 is 26.3. The summed E-state index contributed by atoms with van der Waals surface area (Å²) in [5, 5.41) is 4.75. The van der Waals surface area contributed by atoms with Crippen LogP contribution >= 0.6 is 11.3 Å². The fourth-order valence-corrected chi connectivity index (χ4v) is 5.32. The molecule has 0 aliphatic heterocycles. The summed E-state index contributed by atoms with van der Waals surface area (Å²) in [5.41, 5.74) is 1.29. The molecule has 0 bridgehead atoms. The fourth-order valence-electron chi connectivity index (χ4n) is 3.61. The summed E-state index contributed by atoms with van der Waals surface area (Å²) in [6, 6.07) is 17.8. The molecular formula is C26H25N5O4S2. The second kappa shape index (κ2) is 11.4. The van der Waals surface area contributed by atoms with E-state index in [0.717, 1.165) is 9.87 Å². The van der Waals surface area contributed by atoms with E-state index in [1.54, 1.807) is 12.1 Å². The van der Waals surface area contributed by atoms with E-state index < -0.39 is 27.9 Å². The average molecular weight is 536 g/mol. The molecule has 9 nitrogen and oxygen atoms in total. The molecule has 0 unspecified atom stereocenters. The van der Waals surface area contributed by atoms with E-state index in [9.17, 15) is 18.0 Å². The third-order valence-corrected chi connectivity index (χ3v) is 8.28. The second-order valence-corrected chi connectivity index (χ2v) is 11.3.